The van der Waals surface area contributed by atoms with Crippen molar-refractivity contribution < 1.29 is 0 Å². The maximum atomic E-state index is 5.89. The topological polar surface area (TPSA) is 43.8 Å². The van der Waals surface area contributed by atoms with Gasteiger partial charge in [0.25, 0.3) is 0 Å². The van der Waals surface area contributed by atoms with Gasteiger partial charge in [0.1, 0.15) is 5.82 Å². The number of nitrogens with zero attached hydrogens (tertiary/aromatic N) is 2. The fraction of sp³-hybridized carbons (Fsp3) is 0.533. The molecule has 0 amide bonds. The predicted octanol–water partition coefficient (Wildman–Crippen LogP) is 3.59. The summed E-state index contributed by atoms with van der Waals surface area (Å²) in [5.41, 5.74) is 9.00. The minimum Gasteiger partial charge on any atom is -0.399 e. The Morgan fingerprint density at radius 3 is 2.79 bits per heavy atom. The van der Waals surface area contributed by atoms with Crippen LogP contribution < -0.4 is 5.73 Å². The van der Waals surface area contributed by atoms with E-state index in [4.69, 9.17) is 10.7 Å². The Labute approximate surface area is 118 Å². The number of hydrogen-bond donors (Lipinski definition) is 1. The van der Waals surface area contributed by atoms with Gasteiger partial charge in [0.2, 0.25) is 0 Å². The van der Waals surface area contributed by atoms with Crippen molar-refractivity contribution in [1.82, 2.24) is 9.55 Å². The maximum Gasteiger partial charge on any atom is 0.115 e. The van der Waals surface area contributed by atoms with E-state index in [2.05, 4.69) is 31.4 Å². The van der Waals surface area contributed by atoms with E-state index < -0.39 is 0 Å². The number of benzene rings is 1. The second-order valence-corrected chi connectivity index (χ2v) is 7.47. The number of aromatic nitrogens is 2. The minimum absolute atomic E-state index is 0.0566. The van der Waals surface area contributed by atoms with Crippen LogP contribution in [-0.2, 0) is 5.41 Å². The molecule has 0 bridgehead atoms. The number of imidazole rings is 1. The fourth-order valence-corrected chi connectivity index (χ4v) is 3.93. The molecule has 0 aliphatic carbocycles. The van der Waals surface area contributed by atoms with E-state index in [1.807, 2.05) is 23.9 Å². The predicted molar refractivity (Wildman–Crippen MR) is 83.8 cm³/mol. The molecule has 0 saturated carbocycles. The highest BCUT2D eigenvalue weighted by Gasteiger charge is 2.28. The second kappa shape index (κ2) is 4.44. The van der Waals surface area contributed by atoms with Crippen LogP contribution in [0.5, 0.6) is 0 Å². The summed E-state index contributed by atoms with van der Waals surface area (Å²) in [5, 5.41) is 0. The SMILES string of the molecule is CC(C)(C)c1nc2cc(N)ccc2n1C1CCSC1. The number of anilines is 1. The second-order valence-electron chi connectivity index (χ2n) is 6.32. The Kier molecular flexibility index (Phi) is 3.01. The zero-order chi connectivity index (χ0) is 13.6. The first kappa shape index (κ1) is 12.9. The average molecular weight is 275 g/mol. The molecule has 2 N–H and O–H groups in total. The number of hydrogen-bond acceptors (Lipinski definition) is 3. The van der Waals surface area contributed by atoms with E-state index in [0.717, 1.165) is 11.2 Å². The summed E-state index contributed by atoms with van der Waals surface area (Å²) in [6.07, 6.45) is 1.24. The summed E-state index contributed by atoms with van der Waals surface area (Å²) in [6, 6.07) is 6.67. The van der Waals surface area contributed by atoms with Gasteiger partial charge in [-0.2, -0.15) is 11.8 Å². The van der Waals surface area contributed by atoms with Crippen molar-refractivity contribution in [3.63, 3.8) is 0 Å². The van der Waals surface area contributed by atoms with Gasteiger partial charge in [0.15, 0.2) is 0 Å². The Hall–Kier alpha value is -1.16. The summed E-state index contributed by atoms with van der Waals surface area (Å²) in [6.45, 7) is 6.70. The fourth-order valence-electron chi connectivity index (χ4n) is 2.74. The molecule has 1 atom stereocenters. The summed E-state index contributed by atoms with van der Waals surface area (Å²) in [7, 11) is 0. The van der Waals surface area contributed by atoms with Gasteiger partial charge in [0.05, 0.1) is 11.0 Å². The van der Waals surface area contributed by atoms with Crippen molar-refractivity contribution in [2.45, 2.75) is 38.6 Å². The monoisotopic (exact) mass is 275 g/mol. The summed E-state index contributed by atoms with van der Waals surface area (Å²) >= 11 is 2.04. The largest absolute Gasteiger partial charge is 0.399 e. The first-order valence-electron chi connectivity index (χ1n) is 6.82. The normalized spacial score (nSPS) is 20.3. The number of rotatable bonds is 1. The lowest BCUT2D eigenvalue weighted by Gasteiger charge is -2.23. The van der Waals surface area contributed by atoms with E-state index in [-0.39, 0.29) is 5.41 Å². The van der Waals surface area contributed by atoms with Gasteiger partial charge < -0.3 is 10.3 Å². The van der Waals surface area contributed by atoms with Gasteiger partial charge in [-0.3, -0.25) is 0 Å². The van der Waals surface area contributed by atoms with Crippen LogP contribution in [0.3, 0.4) is 0 Å². The van der Waals surface area contributed by atoms with Gasteiger partial charge in [-0.25, -0.2) is 4.98 Å². The molecular formula is C15H21N3S. The van der Waals surface area contributed by atoms with Crippen LogP contribution >= 0.6 is 11.8 Å². The van der Waals surface area contributed by atoms with Gasteiger partial charge in [-0.1, -0.05) is 20.8 Å². The third-order valence-corrected chi connectivity index (χ3v) is 4.80. The van der Waals surface area contributed by atoms with Gasteiger partial charge in [0, 0.05) is 22.9 Å². The minimum atomic E-state index is 0.0566. The van der Waals surface area contributed by atoms with Crippen molar-refractivity contribution in [3.8, 4) is 0 Å². The van der Waals surface area contributed by atoms with Crippen molar-refractivity contribution >= 4 is 28.5 Å². The van der Waals surface area contributed by atoms with Gasteiger partial charge in [-0.15, -0.1) is 0 Å². The summed E-state index contributed by atoms with van der Waals surface area (Å²) in [4.78, 5) is 4.86. The van der Waals surface area contributed by atoms with Crippen LogP contribution in [0, 0.1) is 0 Å². The average Bonchev–Trinajstić information content (AvgIpc) is 2.91. The zero-order valence-electron chi connectivity index (χ0n) is 11.8. The molecule has 19 heavy (non-hydrogen) atoms. The zero-order valence-corrected chi connectivity index (χ0v) is 12.6. The molecule has 1 unspecified atom stereocenters. The third-order valence-electron chi connectivity index (χ3n) is 3.66. The van der Waals surface area contributed by atoms with Crippen molar-refractivity contribution in [2.24, 2.45) is 0 Å². The number of thioether (sulfide) groups is 1. The van der Waals surface area contributed by atoms with E-state index in [9.17, 15) is 0 Å². The smallest absolute Gasteiger partial charge is 0.115 e. The quantitative estimate of drug-likeness (QED) is 0.809. The van der Waals surface area contributed by atoms with Crippen LogP contribution in [0.25, 0.3) is 11.0 Å². The number of nitrogens with two attached hydrogens (primary N) is 1. The molecule has 1 aliphatic heterocycles. The lowest BCUT2D eigenvalue weighted by molar-refractivity contribution is 0.464. The molecule has 1 aromatic carbocycles. The molecule has 102 valence electrons. The van der Waals surface area contributed by atoms with Crippen LogP contribution in [0.1, 0.15) is 39.1 Å². The van der Waals surface area contributed by atoms with Crippen LogP contribution in [0.4, 0.5) is 5.69 Å². The summed E-state index contributed by atoms with van der Waals surface area (Å²) in [5.74, 6) is 3.63. The van der Waals surface area contributed by atoms with E-state index in [1.165, 1.54) is 29.3 Å². The third kappa shape index (κ3) is 2.22. The lowest BCUT2D eigenvalue weighted by atomic mass is 9.95. The molecule has 3 rings (SSSR count). The van der Waals surface area contributed by atoms with Crippen molar-refractivity contribution in [3.05, 3.63) is 24.0 Å². The molecule has 1 fully saturated rings. The molecule has 0 radical (unpaired) electrons. The number of fused-ring (bicyclic) bond motifs is 1. The Balaban J connectivity index is 2.25. The molecule has 1 aliphatic rings. The van der Waals surface area contributed by atoms with Crippen LogP contribution in [0.15, 0.2) is 18.2 Å². The van der Waals surface area contributed by atoms with Crippen LogP contribution in [0.2, 0.25) is 0 Å². The lowest BCUT2D eigenvalue weighted by Crippen LogP contribution is -2.22. The maximum absolute atomic E-state index is 5.89. The van der Waals surface area contributed by atoms with Crippen LogP contribution in [-0.4, -0.2) is 21.1 Å². The Morgan fingerprint density at radius 2 is 2.16 bits per heavy atom. The Bertz CT molecular complexity index is 604. The Morgan fingerprint density at radius 1 is 1.37 bits per heavy atom. The number of nitrogen functional groups attached to an aromatic ring is 1. The van der Waals surface area contributed by atoms with Gasteiger partial charge >= 0.3 is 0 Å². The van der Waals surface area contributed by atoms with Gasteiger partial charge in [-0.05, 0) is 30.4 Å². The van der Waals surface area contributed by atoms with E-state index in [1.54, 1.807) is 0 Å². The molecule has 0 spiro atoms. The summed E-state index contributed by atoms with van der Waals surface area (Å²) < 4.78 is 2.45. The highest BCUT2D eigenvalue weighted by atomic mass is 32.2. The molecule has 2 heterocycles. The van der Waals surface area contributed by atoms with Crippen molar-refractivity contribution in [2.75, 3.05) is 17.2 Å². The molecular weight excluding hydrogens is 254 g/mol. The highest BCUT2D eigenvalue weighted by molar-refractivity contribution is 7.99. The first-order chi connectivity index (χ1) is 8.97. The first-order valence-corrected chi connectivity index (χ1v) is 7.98. The van der Waals surface area contributed by atoms with E-state index in [0.29, 0.717) is 6.04 Å². The highest BCUT2D eigenvalue weighted by Crippen LogP contribution is 2.36. The molecule has 1 saturated heterocycles. The molecule has 1 aromatic heterocycles. The molecule has 4 heteroatoms. The van der Waals surface area contributed by atoms with Crippen molar-refractivity contribution in [1.29, 1.82) is 0 Å². The molecule has 2 aromatic rings. The molecule has 3 nitrogen and oxygen atoms in total. The standard InChI is InChI=1S/C15H21N3S/c1-15(2,3)14-17-12-8-10(16)4-5-13(12)18(14)11-6-7-19-9-11/h4-5,8,11H,6-7,9,16H2,1-3H3. The van der Waals surface area contributed by atoms with E-state index >= 15 is 0 Å².